The van der Waals surface area contributed by atoms with Crippen molar-refractivity contribution in [3.63, 3.8) is 0 Å². The normalized spacial score (nSPS) is 27.1. The van der Waals surface area contributed by atoms with E-state index in [-0.39, 0.29) is 23.2 Å². The number of ketones is 2. The minimum absolute atomic E-state index is 0.127. The van der Waals surface area contributed by atoms with Gasteiger partial charge in [0.2, 0.25) is 0 Å². The summed E-state index contributed by atoms with van der Waals surface area (Å²) < 4.78 is 5.43. The number of nitrogens with one attached hydrogen (secondary N) is 1. The van der Waals surface area contributed by atoms with Crippen LogP contribution >= 0.6 is 0 Å². The van der Waals surface area contributed by atoms with Crippen molar-refractivity contribution >= 4 is 11.6 Å². The molecule has 2 fully saturated rings. The molecule has 1 heterocycles. The molecule has 1 aliphatic heterocycles. The van der Waals surface area contributed by atoms with Crippen molar-refractivity contribution in [2.24, 2.45) is 5.92 Å². The van der Waals surface area contributed by atoms with Crippen molar-refractivity contribution in [3.8, 4) is 5.75 Å². The maximum Gasteiger partial charge on any atom is 0.154 e. The summed E-state index contributed by atoms with van der Waals surface area (Å²) in [6.45, 7) is 0.742. The largest absolute Gasteiger partial charge is 0.497 e. The summed E-state index contributed by atoms with van der Waals surface area (Å²) in [6.07, 6.45) is 3.13. The van der Waals surface area contributed by atoms with Crippen LogP contribution in [0.5, 0.6) is 5.75 Å². The molecule has 2 aliphatic rings. The van der Waals surface area contributed by atoms with E-state index in [0.29, 0.717) is 25.0 Å². The van der Waals surface area contributed by atoms with Gasteiger partial charge in [-0.15, -0.1) is 0 Å². The lowest BCUT2D eigenvalue weighted by Gasteiger charge is -2.51. The second-order valence-corrected chi connectivity index (χ2v) is 8.06. The Balaban J connectivity index is 1.67. The summed E-state index contributed by atoms with van der Waals surface area (Å²) in [5, 5.41) is 3.48. The first-order valence-electron chi connectivity index (χ1n) is 10.1. The molecule has 1 aliphatic carbocycles. The number of hydrogen-bond donors (Lipinski definition) is 1. The van der Waals surface area contributed by atoms with Gasteiger partial charge in [-0.1, -0.05) is 42.5 Å². The van der Waals surface area contributed by atoms with E-state index in [9.17, 15) is 9.59 Å². The number of hydrogen-bond acceptors (Lipinski definition) is 4. The quantitative estimate of drug-likeness (QED) is 0.867. The van der Waals surface area contributed by atoms with Crippen molar-refractivity contribution < 1.29 is 14.3 Å². The van der Waals surface area contributed by atoms with Gasteiger partial charge in [-0.2, -0.15) is 0 Å². The summed E-state index contributed by atoms with van der Waals surface area (Å²) in [5.41, 5.74) is 1.88. The van der Waals surface area contributed by atoms with Gasteiger partial charge in [0.15, 0.2) is 5.78 Å². The Bertz CT molecular complexity index is 863. The van der Waals surface area contributed by atoms with Gasteiger partial charge >= 0.3 is 0 Å². The fourth-order valence-corrected chi connectivity index (χ4v) is 5.16. The predicted molar refractivity (Wildman–Crippen MR) is 109 cm³/mol. The van der Waals surface area contributed by atoms with Crippen LogP contribution in [0.4, 0.5) is 0 Å². The number of ether oxygens (including phenoxy) is 1. The summed E-state index contributed by atoms with van der Waals surface area (Å²) in [5.74, 6) is 1.45. The van der Waals surface area contributed by atoms with Crippen molar-refractivity contribution in [2.75, 3.05) is 13.7 Å². The van der Waals surface area contributed by atoms with E-state index in [0.717, 1.165) is 36.3 Å². The molecule has 2 unspecified atom stereocenters. The number of benzene rings is 2. The zero-order chi connectivity index (χ0) is 19.6. The number of carbonyl (C=O) groups excluding carboxylic acids is 2. The Hall–Kier alpha value is -2.46. The minimum atomic E-state index is -0.286. The maximum atomic E-state index is 13.2. The molecule has 0 bridgehead atoms. The maximum absolute atomic E-state index is 13.2. The third kappa shape index (κ3) is 3.49. The molecule has 146 valence electrons. The van der Waals surface area contributed by atoms with Gasteiger partial charge in [0, 0.05) is 24.7 Å². The Kier molecular flexibility index (Phi) is 5.31. The minimum Gasteiger partial charge on any atom is -0.497 e. The third-order valence-electron chi connectivity index (χ3n) is 6.51. The van der Waals surface area contributed by atoms with E-state index in [1.54, 1.807) is 7.11 Å². The van der Waals surface area contributed by atoms with Gasteiger partial charge in [-0.05, 0) is 48.6 Å². The monoisotopic (exact) mass is 377 g/mol. The van der Waals surface area contributed by atoms with Crippen molar-refractivity contribution in [1.29, 1.82) is 0 Å². The first-order valence-corrected chi connectivity index (χ1v) is 10.1. The van der Waals surface area contributed by atoms with Crippen LogP contribution < -0.4 is 10.1 Å². The number of carbonyl (C=O) groups is 2. The van der Waals surface area contributed by atoms with Crippen LogP contribution in [0.15, 0.2) is 54.6 Å². The highest BCUT2D eigenvalue weighted by Gasteiger charge is 2.51. The Morgan fingerprint density at radius 2 is 2.00 bits per heavy atom. The van der Waals surface area contributed by atoms with Crippen molar-refractivity contribution in [3.05, 3.63) is 65.7 Å². The summed E-state index contributed by atoms with van der Waals surface area (Å²) in [4.78, 5) is 25.7. The highest BCUT2D eigenvalue weighted by atomic mass is 16.5. The van der Waals surface area contributed by atoms with Gasteiger partial charge in [0.05, 0.1) is 13.2 Å². The number of fused-ring (bicyclic) bond motifs is 1. The molecular weight excluding hydrogens is 350 g/mol. The molecule has 0 radical (unpaired) electrons. The first-order chi connectivity index (χ1) is 13.6. The van der Waals surface area contributed by atoms with Crippen LogP contribution in [0.3, 0.4) is 0 Å². The average molecular weight is 377 g/mol. The molecule has 28 heavy (non-hydrogen) atoms. The molecule has 4 rings (SSSR count). The fraction of sp³-hybridized carbons (Fsp3) is 0.417. The molecule has 2 aromatic rings. The smallest absolute Gasteiger partial charge is 0.154 e. The van der Waals surface area contributed by atoms with Crippen molar-refractivity contribution in [2.45, 2.75) is 43.6 Å². The van der Waals surface area contributed by atoms with Crippen LogP contribution in [0, 0.1) is 5.92 Å². The molecule has 1 saturated carbocycles. The fourth-order valence-electron chi connectivity index (χ4n) is 5.16. The van der Waals surface area contributed by atoms with Gasteiger partial charge in [0.25, 0.3) is 0 Å². The van der Waals surface area contributed by atoms with E-state index >= 15 is 0 Å². The molecule has 4 nitrogen and oxygen atoms in total. The zero-order valence-electron chi connectivity index (χ0n) is 16.3. The second kappa shape index (κ2) is 7.88. The highest BCUT2D eigenvalue weighted by Crippen LogP contribution is 2.49. The summed E-state index contributed by atoms with van der Waals surface area (Å²) in [6, 6.07) is 17.8. The predicted octanol–water partition coefficient (Wildman–Crippen LogP) is 3.48. The molecular formula is C24H27NO3. The Morgan fingerprint density at radius 1 is 1.18 bits per heavy atom. The van der Waals surface area contributed by atoms with Gasteiger partial charge in [-0.3, -0.25) is 9.59 Å². The van der Waals surface area contributed by atoms with Gasteiger partial charge < -0.3 is 10.1 Å². The molecule has 2 aromatic carbocycles. The first kappa shape index (κ1) is 18.9. The Labute approximate surface area is 166 Å². The number of Topliss-reactive ketones (excluding diaryl/α,β-unsaturated/α-hetero) is 2. The Morgan fingerprint density at radius 3 is 2.79 bits per heavy atom. The van der Waals surface area contributed by atoms with E-state index in [2.05, 4.69) is 17.4 Å². The molecule has 4 heteroatoms. The molecule has 3 atom stereocenters. The molecule has 0 aromatic heterocycles. The molecule has 1 saturated heterocycles. The van der Waals surface area contributed by atoms with E-state index in [4.69, 9.17) is 4.74 Å². The lowest BCUT2D eigenvalue weighted by molar-refractivity contribution is -0.130. The van der Waals surface area contributed by atoms with E-state index in [1.165, 1.54) is 0 Å². The molecule has 0 amide bonds. The van der Waals surface area contributed by atoms with Crippen molar-refractivity contribution in [1.82, 2.24) is 5.32 Å². The molecule has 1 N–H and O–H groups in total. The third-order valence-corrected chi connectivity index (χ3v) is 6.51. The average Bonchev–Trinajstić information content (AvgIpc) is 2.73. The van der Waals surface area contributed by atoms with Gasteiger partial charge in [0.1, 0.15) is 11.5 Å². The lowest BCUT2D eigenvalue weighted by atomic mass is 9.56. The van der Waals surface area contributed by atoms with Crippen LogP contribution in [-0.2, 0) is 21.4 Å². The van der Waals surface area contributed by atoms with Gasteiger partial charge in [-0.25, -0.2) is 0 Å². The topological polar surface area (TPSA) is 55.4 Å². The SMILES string of the molecule is COc1cccc([C@@]23CCNC(C(=O)Cc4ccccc4)C2CCC(=O)C3)c1. The summed E-state index contributed by atoms with van der Waals surface area (Å²) >= 11 is 0. The van der Waals surface area contributed by atoms with E-state index in [1.807, 2.05) is 42.5 Å². The number of piperidine rings is 1. The molecule has 0 spiro atoms. The number of methoxy groups -OCH3 is 1. The lowest BCUT2D eigenvalue weighted by Crippen LogP contribution is -2.60. The van der Waals surface area contributed by atoms with Crippen LogP contribution in [0.2, 0.25) is 0 Å². The van der Waals surface area contributed by atoms with Crippen LogP contribution in [-0.4, -0.2) is 31.3 Å². The highest BCUT2D eigenvalue weighted by molar-refractivity contribution is 5.88. The van der Waals surface area contributed by atoms with Crippen LogP contribution in [0.1, 0.15) is 36.8 Å². The second-order valence-electron chi connectivity index (χ2n) is 8.06. The zero-order valence-corrected chi connectivity index (χ0v) is 16.3. The standard InChI is InChI=1S/C24H27NO3/c1-28-20-9-5-8-18(15-20)24-12-13-25-23(21(24)11-10-19(26)16-24)22(27)14-17-6-3-2-4-7-17/h2-9,15,21,23,25H,10-14,16H2,1H3/t21?,23?,24-/m0/s1. The van der Waals surface area contributed by atoms with E-state index < -0.39 is 0 Å². The number of rotatable bonds is 5. The van der Waals surface area contributed by atoms with Crippen LogP contribution in [0.25, 0.3) is 0 Å². The summed E-state index contributed by atoms with van der Waals surface area (Å²) in [7, 11) is 1.66.